The van der Waals surface area contributed by atoms with Gasteiger partial charge < -0.3 is 19.7 Å². The summed E-state index contributed by atoms with van der Waals surface area (Å²) in [6.07, 6.45) is 2.61. The van der Waals surface area contributed by atoms with Gasteiger partial charge in [0.1, 0.15) is 0 Å². The number of nitrogens with zero attached hydrogens (tertiary/aromatic N) is 1. The minimum atomic E-state index is 0.581. The van der Waals surface area contributed by atoms with Crippen LogP contribution in [-0.2, 0) is 6.42 Å². The van der Waals surface area contributed by atoms with Gasteiger partial charge in [-0.1, -0.05) is 6.07 Å². The molecule has 114 valence electrons. The Balaban J connectivity index is 1.76. The van der Waals surface area contributed by atoms with E-state index in [2.05, 4.69) is 10.2 Å². The van der Waals surface area contributed by atoms with E-state index in [9.17, 15) is 4.79 Å². The number of nitrogens with one attached hydrogen (secondary N) is 1. The van der Waals surface area contributed by atoms with Gasteiger partial charge in [-0.2, -0.15) is 0 Å². The largest absolute Gasteiger partial charge is 0.489 e. The highest BCUT2D eigenvalue weighted by atomic mass is 16.5. The van der Waals surface area contributed by atoms with Crippen molar-refractivity contribution < 1.29 is 14.3 Å². The zero-order valence-corrected chi connectivity index (χ0v) is 12.3. The number of carbonyl (C=O) groups is 1. The van der Waals surface area contributed by atoms with Gasteiger partial charge in [-0.3, -0.25) is 4.79 Å². The summed E-state index contributed by atoms with van der Waals surface area (Å²) in [5, 5.41) is 3.36. The Bertz CT molecular complexity index is 499. The number of hydrogen-bond acceptors (Lipinski definition) is 5. The average Bonchev–Trinajstić information content (AvgIpc) is 2.79. The lowest BCUT2D eigenvalue weighted by Gasteiger charge is -2.27. The lowest BCUT2D eigenvalue weighted by Crippen LogP contribution is -2.44. The third kappa shape index (κ3) is 3.36. The van der Waals surface area contributed by atoms with Gasteiger partial charge in [-0.15, -0.1) is 0 Å². The van der Waals surface area contributed by atoms with Crippen LogP contribution in [0, 0.1) is 0 Å². The Morgan fingerprint density at radius 2 is 1.90 bits per heavy atom. The van der Waals surface area contributed by atoms with Crippen molar-refractivity contribution in [3.63, 3.8) is 0 Å². The first-order chi connectivity index (χ1) is 10.4. The van der Waals surface area contributed by atoms with Crippen LogP contribution in [0.1, 0.15) is 22.3 Å². The molecule has 0 saturated carbocycles. The molecule has 1 saturated heterocycles. The van der Waals surface area contributed by atoms with Crippen molar-refractivity contribution in [1.29, 1.82) is 0 Å². The smallest absolute Gasteiger partial charge is 0.171 e. The quantitative estimate of drug-likeness (QED) is 0.842. The predicted molar refractivity (Wildman–Crippen MR) is 80.5 cm³/mol. The molecule has 1 aromatic carbocycles. The standard InChI is InChI=1S/C16H22N2O3/c19-12-14-3-2-13(4-7-18-8-5-17-6-9-18)15-16(14)21-11-1-10-20-15/h2-3,12,17H,1,4-11H2. The van der Waals surface area contributed by atoms with E-state index in [1.165, 1.54) is 0 Å². The van der Waals surface area contributed by atoms with Crippen molar-refractivity contribution in [2.24, 2.45) is 0 Å². The number of carbonyl (C=O) groups excluding carboxylic acids is 1. The van der Waals surface area contributed by atoms with Gasteiger partial charge in [-0.25, -0.2) is 0 Å². The van der Waals surface area contributed by atoms with E-state index in [4.69, 9.17) is 9.47 Å². The molecule has 2 aliphatic heterocycles. The van der Waals surface area contributed by atoms with Crippen LogP contribution >= 0.6 is 0 Å². The fourth-order valence-corrected chi connectivity index (χ4v) is 2.84. The average molecular weight is 290 g/mol. The highest BCUT2D eigenvalue weighted by molar-refractivity contribution is 5.82. The van der Waals surface area contributed by atoms with Crippen molar-refractivity contribution in [2.45, 2.75) is 12.8 Å². The molecule has 1 N–H and O–H groups in total. The summed E-state index contributed by atoms with van der Waals surface area (Å²) in [4.78, 5) is 13.6. The Morgan fingerprint density at radius 1 is 1.14 bits per heavy atom. The molecule has 5 heteroatoms. The Hall–Kier alpha value is -1.59. The molecular formula is C16H22N2O3. The predicted octanol–water partition coefficient (Wildman–Crippen LogP) is 1.11. The van der Waals surface area contributed by atoms with Gasteiger partial charge in [0.25, 0.3) is 0 Å². The number of ether oxygens (including phenoxy) is 2. The zero-order chi connectivity index (χ0) is 14.5. The van der Waals surface area contributed by atoms with Gasteiger partial charge >= 0.3 is 0 Å². The van der Waals surface area contributed by atoms with Crippen LogP contribution in [-0.4, -0.2) is 57.1 Å². The summed E-state index contributed by atoms with van der Waals surface area (Å²) in [6.45, 7) is 6.56. The molecular weight excluding hydrogens is 268 g/mol. The van der Waals surface area contributed by atoms with Crippen molar-refractivity contribution in [3.05, 3.63) is 23.3 Å². The number of benzene rings is 1. The maximum atomic E-state index is 11.2. The number of rotatable bonds is 4. The van der Waals surface area contributed by atoms with Crippen LogP contribution in [0.2, 0.25) is 0 Å². The number of piperazine rings is 1. The Morgan fingerprint density at radius 3 is 2.67 bits per heavy atom. The minimum Gasteiger partial charge on any atom is -0.489 e. The van der Waals surface area contributed by atoms with E-state index in [-0.39, 0.29) is 0 Å². The number of hydrogen-bond donors (Lipinski definition) is 1. The van der Waals surface area contributed by atoms with Crippen LogP contribution in [0.3, 0.4) is 0 Å². The maximum Gasteiger partial charge on any atom is 0.171 e. The first-order valence-electron chi connectivity index (χ1n) is 7.68. The molecule has 0 spiro atoms. The second kappa shape index (κ2) is 6.91. The normalized spacial score (nSPS) is 19.0. The molecule has 0 atom stereocenters. The third-order valence-corrected chi connectivity index (χ3v) is 4.04. The first kappa shape index (κ1) is 14.4. The molecule has 1 fully saturated rings. The molecule has 0 aromatic heterocycles. The molecule has 2 heterocycles. The monoisotopic (exact) mass is 290 g/mol. The van der Waals surface area contributed by atoms with Crippen LogP contribution < -0.4 is 14.8 Å². The van der Waals surface area contributed by atoms with E-state index in [1.807, 2.05) is 12.1 Å². The van der Waals surface area contributed by atoms with E-state index in [0.29, 0.717) is 24.5 Å². The minimum absolute atomic E-state index is 0.581. The van der Waals surface area contributed by atoms with E-state index in [1.54, 1.807) is 0 Å². The topological polar surface area (TPSA) is 50.8 Å². The summed E-state index contributed by atoms with van der Waals surface area (Å²) < 4.78 is 11.6. The Labute approximate surface area is 125 Å². The first-order valence-corrected chi connectivity index (χ1v) is 7.68. The second-order valence-corrected chi connectivity index (χ2v) is 5.48. The molecule has 0 unspecified atom stereocenters. The molecule has 1 aromatic rings. The number of aldehydes is 1. The van der Waals surface area contributed by atoms with Crippen molar-refractivity contribution in [1.82, 2.24) is 10.2 Å². The summed E-state index contributed by atoms with van der Waals surface area (Å²) in [5.41, 5.74) is 1.72. The van der Waals surface area contributed by atoms with Gasteiger partial charge in [0, 0.05) is 39.1 Å². The SMILES string of the molecule is O=Cc1ccc(CCN2CCNCC2)c2c1OCCCO2. The van der Waals surface area contributed by atoms with Crippen LogP contribution in [0.15, 0.2) is 12.1 Å². The summed E-state index contributed by atoms with van der Waals surface area (Å²) >= 11 is 0. The molecule has 5 nitrogen and oxygen atoms in total. The highest BCUT2D eigenvalue weighted by Crippen LogP contribution is 2.36. The van der Waals surface area contributed by atoms with Crippen LogP contribution in [0.5, 0.6) is 11.5 Å². The van der Waals surface area contributed by atoms with Crippen molar-refractivity contribution in [3.8, 4) is 11.5 Å². The second-order valence-electron chi connectivity index (χ2n) is 5.48. The fraction of sp³-hybridized carbons (Fsp3) is 0.562. The third-order valence-electron chi connectivity index (χ3n) is 4.04. The molecule has 0 radical (unpaired) electrons. The molecule has 0 aliphatic carbocycles. The van der Waals surface area contributed by atoms with Gasteiger partial charge in [-0.05, 0) is 18.1 Å². The van der Waals surface area contributed by atoms with Gasteiger partial charge in [0.2, 0.25) is 0 Å². The molecule has 0 amide bonds. The summed E-state index contributed by atoms with van der Waals surface area (Å²) in [5.74, 6) is 1.40. The lowest BCUT2D eigenvalue weighted by molar-refractivity contribution is 0.111. The number of fused-ring (bicyclic) bond motifs is 1. The summed E-state index contributed by atoms with van der Waals surface area (Å²) in [7, 11) is 0. The van der Waals surface area contributed by atoms with Crippen molar-refractivity contribution >= 4 is 6.29 Å². The molecule has 2 aliphatic rings. The molecule has 3 rings (SSSR count). The fourth-order valence-electron chi connectivity index (χ4n) is 2.84. The highest BCUT2D eigenvalue weighted by Gasteiger charge is 2.19. The molecule has 21 heavy (non-hydrogen) atoms. The van der Waals surface area contributed by atoms with E-state index >= 15 is 0 Å². The molecule has 0 bridgehead atoms. The van der Waals surface area contributed by atoms with Gasteiger partial charge in [0.15, 0.2) is 17.8 Å². The Kier molecular flexibility index (Phi) is 4.72. The van der Waals surface area contributed by atoms with E-state index in [0.717, 1.165) is 63.2 Å². The van der Waals surface area contributed by atoms with Gasteiger partial charge in [0.05, 0.1) is 18.8 Å². The van der Waals surface area contributed by atoms with E-state index < -0.39 is 0 Å². The summed E-state index contributed by atoms with van der Waals surface area (Å²) in [6, 6.07) is 3.84. The lowest BCUT2D eigenvalue weighted by atomic mass is 10.1. The van der Waals surface area contributed by atoms with Crippen LogP contribution in [0.4, 0.5) is 0 Å². The zero-order valence-electron chi connectivity index (χ0n) is 12.3. The van der Waals surface area contributed by atoms with Crippen LogP contribution in [0.25, 0.3) is 0 Å². The van der Waals surface area contributed by atoms with Crippen molar-refractivity contribution in [2.75, 3.05) is 45.9 Å². The maximum absolute atomic E-state index is 11.2.